The molecule has 204 valence electrons. The van der Waals surface area contributed by atoms with Crippen LogP contribution >= 0.6 is 0 Å². The second-order valence-corrected chi connectivity index (χ2v) is 11.7. The van der Waals surface area contributed by atoms with Gasteiger partial charge in [0.25, 0.3) is 0 Å². The average Bonchev–Trinajstić information content (AvgIpc) is 3.61. The van der Waals surface area contributed by atoms with E-state index in [1.165, 1.54) is 47.9 Å². The molecule has 2 bridgehead atoms. The maximum absolute atomic E-state index is 4.90. The van der Waals surface area contributed by atoms with Gasteiger partial charge >= 0.3 is 0 Å². The maximum atomic E-state index is 4.90. The lowest BCUT2D eigenvalue weighted by molar-refractivity contribution is 0.122. The molecule has 0 amide bonds. The van der Waals surface area contributed by atoms with Crippen LogP contribution in [-0.4, -0.2) is 47.6 Å². The molecule has 3 aromatic heterocycles. The van der Waals surface area contributed by atoms with E-state index >= 15 is 0 Å². The highest BCUT2D eigenvalue weighted by Crippen LogP contribution is 2.41. The van der Waals surface area contributed by atoms with Crippen LogP contribution in [0.15, 0.2) is 67.0 Å². The molecule has 3 atom stereocenters. The fourth-order valence-corrected chi connectivity index (χ4v) is 7.15. The molecule has 0 N–H and O–H groups in total. The fraction of sp³-hybridized carbons (Fsp3) is 0.382. The van der Waals surface area contributed by atoms with Crippen molar-refractivity contribution in [2.45, 2.75) is 77.5 Å². The number of fused-ring (bicyclic) bond motifs is 4. The summed E-state index contributed by atoms with van der Waals surface area (Å²) in [6, 6.07) is 21.5. The van der Waals surface area contributed by atoms with E-state index in [4.69, 9.17) is 9.97 Å². The third kappa shape index (κ3) is 4.54. The highest BCUT2D eigenvalue weighted by molar-refractivity contribution is 5.76. The molecule has 2 fully saturated rings. The van der Waals surface area contributed by atoms with Crippen LogP contribution in [0.4, 0.5) is 0 Å². The summed E-state index contributed by atoms with van der Waals surface area (Å²) in [7, 11) is 0. The lowest BCUT2D eigenvalue weighted by Gasteiger charge is -2.39. The van der Waals surface area contributed by atoms with Crippen molar-refractivity contribution in [1.29, 1.82) is 0 Å². The number of aromatic nitrogens is 5. The second-order valence-electron chi connectivity index (χ2n) is 11.7. The Labute approximate surface area is 236 Å². The highest BCUT2D eigenvalue weighted by atomic mass is 15.2. The lowest BCUT2D eigenvalue weighted by atomic mass is 9.96. The molecule has 0 spiro atoms. The molecule has 5 heterocycles. The summed E-state index contributed by atoms with van der Waals surface area (Å²) in [6.45, 7) is 8.18. The zero-order chi connectivity index (χ0) is 27.2. The monoisotopic (exact) mass is 530 g/mol. The molecule has 40 heavy (non-hydrogen) atoms. The van der Waals surface area contributed by atoms with Gasteiger partial charge in [-0.05, 0) is 74.4 Å². The van der Waals surface area contributed by atoms with Crippen molar-refractivity contribution in [2.24, 2.45) is 0 Å². The van der Waals surface area contributed by atoms with Gasteiger partial charge in [-0.3, -0.25) is 4.90 Å². The smallest absolute Gasteiger partial charge is 0.160 e. The van der Waals surface area contributed by atoms with Gasteiger partial charge in [0.1, 0.15) is 11.3 Å². The molecule has 2 aliphatic rings. The number of imidazole rings is 2. The van der Waals surface area contributed by atoms with Gasteiger partial charge in [0.15, 0.2) is 5.65 Å². The molecule has 2 saturated heterocycles. The number of aryl methyl sites for hydroxylation is 3. The van der Waals surface area contributed by atoms with Crippen molar-refractivity contribution < 1.29 is 0 Å². The van der Waals surface area contributed by atoms with E-state index in [9.17, 15) is 0 Å². The van der Waals surface area contributed by atoms with Gasteiger partial charge in [-0.15, -0.1) is 0 Å². The molecule has 7 rings (SSSR count). The molecule has 1 unspecified atom stereocenters. The SMILES string of the molecule is CCc1nc2c(C)cc(C)nc2n1Cc1ccc(C=CCN2[C@@H]3CC[C@H]2CC(n2cnc4ccccc42)C3)cc1. The summed E-state index contributed by atoms with van der Waals surface area (Å²) >= 11 is 0. The van der Waals surface area contributed by atoms with Gasteiger partial charge in [0, 0.05) is 36.8 Å². The Morgan fingerprint density at radius 1 is 0.925 bits per heavy atom. The molecule has 0 radical (unpaired) electrons. The zero-order valence-electron chi connectivity index (χ0n) is 23.8. The van der Waals surface area contributed by atoms with Crippen LogP contribution in [0.25, 0.3) is 28.3 Å². The van der Waals surface area contributed by atoms with Crippen molar-refractivity contribution >= 4 is 28.3 Å². The van der Waals surface area contributed by atoms with Crippen LogP contribution < -0.4 is 0 Å². The van der Waals surface area contributed by atoms with Gasteiger partial charge in [-0.25, -0.2) is 15.0 Å². The van der Waals surface area contributed by atoms with Crippen molar-refractivity contribution in [2.75, 3.05) is 6.54 Å². The van der Waals surface area contributed by atoms with Gasteiger partial charge in [0.05, 0.1) is 23.9 Å². The first-order valence-corrected chi connectivity index (χ1v) is 14.8. The summed E-state index contributed by atoms with van der Waals surface area (Å²) in [5.41, 5.74) is 9.18. The minimum absolute atomic E-state index is 0.557. The summed E-state index contributed by atoms with van der Waals surface area (Å²) in [5, 5.41) is 0. The van der Waals surface area contributed by atoms with Crippen LogP contribution in [-0.2, 0) is 13.0 Å². The molecular formula is C34H38N6. The van der Waals surface area contributed by atoms with E-state index in [1.54, 1.807) is 0 Å². The highest BCUT2D eigenvalue weighted by Gasteiger charge is 2.40. The normalized spacial score (nSPS) is 21.3. The Kier molecular flexibility index (Phi) is 6.51. The van der Waals surface area contributed by atoms with Crippen LogP contribution in [0.3, 0.4) is 0 Å². The molecular weight excluding hydrogens is 492 g/mol. The van der Waals surface area contributed by atoms with Crippen LogP contribution in [0.1, 0.15) is 66.9 Å². The van der Waals surface area contributed by atoms with E-state index in [0.717, 1.165) is 47.7 Å². The first-order chi connectivity index (χ1) is 19.6. The average molecular weight is 531 g/mol. The van der Waals surface area contributed by atoms with Gasteiger partial charge in [0.2, 0.25) is 0 Å². The molecule has 6 nitrogen and oxygen atoms in total. The number of hydrogen-bond donors (Lipinski definition) is 0. The Morgan fingerprint density at radius 3 is 2.48 bits per heavy atom. The molecule has 2 aliphatic heterocycles. The Balaban J connectivity index is 1.01. The Morgan fingerprint density at radius 2 is 1.70 bits per heavy atom. The van der Waals surface area contributed by atoms with E-state index in [0.29, 0.717) is 18.1 Å². The molecule has 2 aromatic carbocycles. The number of benzene rings is 2. The van der Waals surface area contributed by atoms with Gasteiger partial charge < -0.3 is 9.13 Å². The first kappa shape index (κ1) is 25.2. The Bertz CT molecular complexity index is 1680. The van der Waals surface area contributed by atoms with E-state index in [-0.39, 0.29) is 0 Å². The number of pyridine rings is 1. The largest absolute Gasteiger partial charge is 0.327 e. The molecule has 6 heteroatoms. The topological polar surface area (TPSA) is 51.8 Å². The van der Waals surface area contributed by atoms with Crippen molar-refractivity contribution in [1.82, 2.24) is 29.0 Å². The van der Waals surface area contributed by atoms with Crippen LogP contribution in [0, 0.1) is 13.8 Å². The van der Waals surface area contributed by atoms with Gasteiger partial charge in [-0.2, -0.15) is 0 Å². The lowest BCUT2D eigenvalue weighted by Crippen LogP contribution is -2.43. The number of hydrogen-bond acceptors (Lipinski definition) is 4. The predicted octanol–water partition coefficient (Wildman–Crippen LogP) is 6.89. The van der Waals surface area contributed by atoms with Crippen molar-refractivity contribution in [3.8, 4) is 0 Å². The van der Waals surface area contributed by atoms with E-state index < -0.39 is 0 Å². The quantitative estimate of drug-likeness (QED) is 0.230. The minimum atomic E-state index is 0.557. The molecule has 0 saturated carbocycles. The summed E-state index contributed by atoms with van der Waals surface area (Å²) in [4.78, 5) is 17.1. The Hall–Kier alpha value is -3.77. The summed E-state index contributed by atoms with van der Waals surface area (Å²) in [5.74, 6) is 1.10. The fourth-order valence-electron chi connectivity index (χ4n) is 7.15. The number of piperidine rings is 1. The van der Waals surface area contributed by atoms with Gasteiger partial charge in [-0.1, -0.05) is 55.5 Å². The van der Waals surface area contributed by atoms with E-state index in [2.05, 4.69) is 113 Å². The summed E-state index contributed by atoms with van der Waals surface area (Å²) < 4.78 is 4.72. The maximum Gasteiger partial charge on any atom is 0.160 e. The second kappa shape index (κ2) is 10.3. The van der Waals surface area contributed by atoms with E-state index in [1.807, 2.05) is 0 Å². The van der Waals surface area contributed by atoms with Crippen LogP contribution in [0.5, 0.6) is 0 Å². The molecule has 5 aromatic rings. The zero-order valence-corrected chi connectivity index (χ0v) is 23.8. The number of para-hydroxylation sites is 2. The third-order valence-electron chi connectivity index (χ3n) is 9.10. The molecule has 0 aliphatic carbocycles. The standard InChI is InChI=1S/C34H38N6/c1-4-32-37-33-23(2)18-24(3)36-34(33)39(32)21-26-13-11-25(12-14-26)8-7-17-38-27-15-16-28(38)20-29(19-27)40-22-35-30-9-5-6-10-31(30)40/h5-14,18,22,27-29H,4,15-17,19-21H2,1-3H3/t27-,28+,29?. The minimum Gasteiger partial charge on any atom is -0.327 e. The number of nitrogens with zero attached hydrogens (tertiary/aromatic N) is 6. The van der Waals surface area contributed by atoms with Crippen LogP contribution in [0.2, 0.25) is 0 Å². The number of rotatable bonds is 7. The first-order valence-electron chi connectivity index (χ1n) is 14.8. The predicted molar refractivity (Wildman–Crippen MR) is 162 cm³/mol. The third-order valence-corrected chi connectivity index (χ3v) is 9.10. The van der Waals surface area contributed by atoms with Crippen molar-refractivity contribution in [3.63, 3.8) is 0 Å². The summed E-state index contributed by atoms with van der Waals surface area (Å²) in [6.07, 6.45) is 12.7. The van der Waals surface area contributed by atoms with Crippen molar-refractivity contribution in [3.05, 3.63) is 95.2 Å².